The number of rotatable bonds is 0. The summed E-state index contributed by atoms with van der Waals surface area (Å²) in [7, 11) is -0.983. The molecule has 0 aromatic heterocycles. The minimum absolute atomic E-state index is 0.0706. The lowest BCUT2D eigenvalue weighted by Crippen LogP contribution is -2.18. The van der Waals surface area contributed by atoms with Gasteiger partial charge in [0.1, 0.15) is 9.92 Å². The van der Waals surface area contributed by atoms with E-state index >= 15 is 0 Å². The fraction of sp³-hybridized carbons (Fsp3) is 0.333. The Labute approximate surface area is 77.9 Å². The standard InChI is InChI=1S/C9H10N2OS/c1-11-7-8-5-3-2-4-6-9(8)13(11,10)12/h4-6,8,10H,7H2,1H3. The molecule has 1 aliphatic heterocycles. The van der Waals surface area contributed by atoms with E-state index in [1.807, 2.05) is 6.08 Å². The predicted octanol–water partition coefficient (Wildman–Crippen LogP) is 1.27. The van der Waals surface area contributed by atoms with Gasteiger partial charge in [-0.25, -0.2) is 13.3 Å². The number of hydrogen-bond acceptors (Lipinski definition) is 2. The highest BCUT2D eigenvalue weighted by Crippen LogP contribution is 2.31. The third-order valence-corrected chi connectivity index (χ3v) is 4.38. The van der Waals surface area contributed by atoms with Gasteiger partial charge in [0.2, 0.25) is 0 Å². The Morgan fingerprint density at radius 2 is 2.46 bits per heavy atom. The van der Waals surface area contributed by atoms with E-state index in [2.05, 4.69) is 11.5 Å². The van der Waals surface area contributed by atoms with Gasteiger partial charge in [0.05, 0.1) is 0 Å². The molecule has 2 atom stereocenters. The number of nitrogens with one attached hydrogen (secondary N) is 1. The Morgan fingerprint density at radius 1 is 1.69 bits per heavy atom. The summed E-state index contributed by atoms with van der Waals surface area (Å²) in [6, 6.07) is 0. The molecule has 0 aromatic carbocycles. The largest absolute Gasteiger partial charge is 0.236 e. The average molecular weight is 194 g/mol. The summed E-state index contributed by atoms with van der Waals surface area (Å²) in [6.45, 7) is 0.636. The Hall–Kier alpha value is -1.05. The smallest absolute Gasteiger partial charge is 0.133 e. The monoisotopic (exact) mass is 194 g/mol. The van der Waals surface area contributed by atoms with Crippen LogP contribution in [0.15, 0.2) is 34.6 Å². The summed E-state index contributed by atoms with van der Waals surface area (Å²) in [6.07, 6.45) is 5.21. The van der Waals surface area contributed by atoms with Crippen molar-refractivity contribution in [1.29, 1.82) is 4.78 Å². The molecule has 1 N–H and O–H groups in total. The van der Waals surface area contributed by atoms with Crippen molar-refractivity contribution in [2.45, 2.75) is 0 Å². The molecule has 3 nitrogen and oxygen atoms in total. The molecule has 4 heteroatoms. The second kappa shape index (κ2) is 2.72. The molecule has 1 aliphatic carbocycles. The van der Waals surface area contributed by atoms with E-state index in [-0.39, 0.29) is 5.92 Å². The Morgan fingerprint density at radius 3 is 3.23 bits per heavy atom. The molecule has 2 unspecified atom stereocenters. The molecular weight excluding hydrogens is 184 g/mol. The molecule has 0 aromatic rings. The minimum Gasteiger partial charge on any atom is -0.236 e. The van der Waals surface area contributed by atoms with Crippen molar-refractivity contribution in [3.63, 3.8) is 0 Å². The summed E-state index contributed by atoms with van der Waals surface area (Å²) in [5.74, 6) is 0.0706. The van der Waals surface area contributed by atoms with Crippen molar-refractivity contribution in [1.82, 2.24) is 4.31 Å². The third-order valence-electron chi connectivity index (χ3n) is 2.28. The third kappa shape index (κ3) is 1.21. The first kappa shape index (κ1) is 8.54. The highest BCUT2D eigenvalue weighted by atomic mass is 32.2. The molecule has 0 amide bonds. The predicted molar refractivity (Wildman–Crippen MR) is 51.2 cm³/mol. The van der Waals surface area contributed by atoms with Crippen LogP contribution in [0.5, 0.6) is 0 Å². The van der Waals surface area contributed by atoms with E-state index in [0.717, 1.165) is 0 Å². The van der Waals surface area contributed by atoms with Crippen molar-refractivity contribution < 1.29 is 4.21 Å². The fourth-order valence-electron chi connectivity index (χ4n) is 1.53. The normalized spacial score (nSPS) is 37.3. The molecule has 0 radical (unpaired) electrons. The zero-order chi connectivity index (χ0) is 9.47. The van der Waals surface area contributed by atoms with Gasteiger partial charge in [-0.05, 0) is 18.2 Å². The fourth-order valence-corrected chi connectivity index (χ4v) is 3.06. The van der Waals surface area contributed by atoms with Crippen LogP contribution < -0.4 is 0 Å². The summed E-state index contributed by atoms with van der Waals surface area (Å²) in [5.41, 5.74) is 5.65. The van der Waals surface area contributed by atoms with Gasteiger partial charge >= 0.3 is 0 Å². The number of fused-ring (bicyclic) bond motifs is 1. The lowest BCUT2D eigenvalue weighted by Gasteiger charge is -2.08. The highest BCUT2D eigenvalue weighted by Gasteiger charge is 2.34. The lowest BCUT2D eigenvalue weighted by atomic mass is 10.1. The summed E-state index contributed by atoms with van der Waals surface area (Å²) < 4.78 is 21.2. The zero-order valence-corrected chi connectivity index (χ0v) is 8.10. The molecule has 0 spiro atoms. The van der Waals surface area contributed by atoms with Gasteiger partial charge in [0.15, 0.2) is 0 Å². The van der Waals surface area contributed by atoms with Gasteiger partial charge < -0.3 is 0 Å². The van der Waals surface area contributed by atoms with Crippen LogP contribution in [0.1, 0.15) is 0 Å². The molecule has 0 saturated carbocycles. The quantitative estimate of drug-likeness (QED) is 0.580. The minimum atomic E-state index is -2.70. The van der Waals surface area contributed by atoms with E-state index in [1.165, 1.54) is 0 Å². The van der Waals surface area contributed by atoms with Crippen LogP contribution in [-0.4, -0.2) is 22.1 Å². The molecule has 1 heterocycles. The van der Waals surface area contributed by atoms with Crippen LogP contribution in [-0.2, 0) is 9.92 Å². The van der Waals surface area contributed by atoms with E-state index < -0.39 is 9.92 Å². The molecule has 0 bridgehead atoms. The first-order valence-electron chi connectivity index (χ1n) is 4.00. The maximum Gasteiger partial charge on any atom is 0.133 e. The van der Waals surface area contributed by atoms with Gasteiger partial charge in [-0.15, -0.1) is 0 Å². The number of nitrogens with zero attached hydrogens (tertiary/aromatic N) is 1. The summed E-state index contributed by atoms with van der Waals surface area (Å²) in [4.78, 5) is 0.674. The van der Waals surface area contributed by atoms with Gasteiger partial charge in [-0.2, -0.15) is 0 Å². The first-order valence-corrected chi connectivity index (χ1v) is 5.52. The zero-order valence-electron chi connectivity index (χ0n) is 7.28. The van der Waals surface area contributed by atoms with Crippen molar-refractivity contribution in [2.24, 2.45) is 5.92 Å². The van der Waals surface area contributed by atoms with E-state index in [4.69, 9.17) is 4.78 Å². The number of allylic oxidation sites excluding steroid dienone is 2. The Balaban J connectivity index is 2.58. The molecule has 68 valence electrons. The van der Waals surface area contributed by atoms with Crippen LogP contribution in [0.4, 0.5) is 0 Å². The first-order chi connectivity index (χ1) is 6.12. The molecule has 13 heavy (non-hydrogen) atoms. The summed E-state index contributed by atoms with van der Waals surface area (Å²) >= 11 is 0. The molecule has 1 fully saturated rings. The molecule has 1 saturated heterocycles. The maximum atomic E-state index is 11.9. The van der Waals surface area contributed by atoms with Gasteiger partial charge in [-0.1, -0.05) is 11.5 Å². The van der Waals surface area contributed by atoms with E-state index in [1.54, 1.807) is 23.5 Å². The van der Waals surface area contributed by atoms with Crippen molar-refractivity contribution >= 4 is 9.92 Å². The van der Waals surface area contributed by atoms with Crippen molar-refractivity contribution in [3.8, 4) is 0 Å². The van der Waals surface area contributed by atoms with Crippen LogP contribution in [0.3, 0.4) is 0 Å². The Bertz CT molecular complexity index is 460. The second-order valence-corrected chi connectivity index (χ2v) is 5.28. The van der Waals surface area contributed by atoms with Crippen LogP contribution in [0.2, 0.25) is 0 Å². The van der Waals surface area contributed by atoms with Crippen molar-refractivity contribution in [3.05, 3.63) is 34.6 Å². The van der Waals surface area contributed by atoms with Crippen LogP contribution >= 0.6 is 0 Å². The van der Waals surface area contributed by atoms with Gasteiger partial charge in [-0.3, -0.25) is 0 Å². The average Bonchev–Trinajstić information content (AvgIpc) is 2.31. The van der Waals surface area contributed by atoms with Crippen LogP contribution in [0, 0.1) is 10.7 Å². The second-order valence-electron chi connectivity index (χ2n) is 3.13. The summed E-state index contributed by atoms with van der Waals surface area (Å²) in [5, 5.41) is 0. The topological polar surface area (TPSA) is 44.2 Å². The molecule has 2 rings (SSSR count). The van der Waals surface area contributed by atoms with E-state index in [0.29, 0.717) is 11.4 Å². The van der Waals surface area contributed by atoms with E-state index in [9.17, 15) is 4.21 Å². The van der Waals surface area contributed by atoms with Gasteiger partial charge in [0, 0.05) is 24.4 Å². The van der Waals surface area contributed by atoms with Crippen molar-refractivity contribution in [2.75, 3.05) is 13.6 Å². The van der Waals surface area contributed by atoms with Gasteiger partial charge in [0.25, 0.3) is 0 Å². The van der Waals surface area contributed by atoms with Crippen LogP contribution in [0.25, 0.3) is 0 Å². The molecule has 2 aliphatic rings. The molecular formula is C9H10N2OS. The maximum absolute atomic E-state index is 11.9. The number of hydrogen-bond donors (Lipinski definition) is 1. The lowest BCUT2D eigenvalue weighted by molar-refractivity contribution is 0.521. The SMILES string of the molecule is CN1CC2C=C=C=CC=C2S1(=N)=O. The Kier molecular flexibility index (Phi) is 1.79. The highest BCUT2D eigenvalue weighted by molar-refractivity contribution is 7.94.